The molecule has 2 rings (SSSR count). The summed E-state index contributed by atoms with van der Waals surface area (Å²) in [6, 6.07) is 10.5. The lowest BCUT2D eigenvalue weighted by molar-refractivity contribution is 0.414. The van der Waals surface area contributed by atoms with Gasteiger partial charge < -0.3 is 9.15 Å². The monoisotopic (exact) mass is 280 g/mol. The van der Waals surface area contributed by atoms with Gasteiger partial charge in [0.1, 0.15) is 11.5 Å². The standard InChI is InChI=1S/C12H9BrO3/c1-15-10-4-2-3-8(5-10)11-6-9(13)7-12(14)16-11/h2-7H,1H3. The first kappa shape index (κ1) is 11.0. The van der Waals surface area contributed by atoms with Gasteiger partial charge in [0.05, 0.1) is 7.11 Å². The van der Waals surface area contributed by atoms with E-state index in [0.29, 0.717) is 10.2 Å². The molecule has 0 aliphatic heterocycles. The zero-order chi connectivity index (χ0) is 11.5. The van der Waals surface area contributed by atoms with Gasteiger partial charge in [0.2, 0.25) is 0 Å². The van der Waals surface area contributed by atoms with Crippen LogP contribution in [-0.4, -0.2) is 7.11 Å². The Balaban J connectivity index is 2.53. The maximum Gasteiger partial charge on any atom is 0.337 e. The van der Waals surface area contributed by atoms with Crippen molar-refractivity contribution in [3.05, 3.63) is 51.3 Å². The highest BCUT2D eigenvalue weighted by Crippen LogP contribution is 2.24. The number of methoxy groups -OCH3 is 1. The molecule has 0 atom stereocenters. The Labute approximate surface area is 101 Å². The molecule has 0 unspecified atom stereocenters. The van der Waals surface area contributed by atoms with Crippen LogP contribution < -0.4 is 10.4 Å². The molecule has 0 radical (unpaired) electrons. The van der Waals surface area contributed by atoms with Gasteiger partial charge >= 0.3 is 5.63 Å². The average Bonchev–Trinajstić information content (AvgIpc) is 2.28. The van der Waals surface area contributed by atoms with Gasteiger partial charge in [-0.05, 0) is 18.2 Å². The summed E-state index contributed by atoms with van der Waals surface area (Å²) in [6.45, 7) is 0. The van der Waals surface area contributed by atoms with Crippen molar-refractivity contribution in [1.29, 1.82) is 0 Å². The van der Waals surface area contributed by atoms with Gasteiger partial charge in [0.25, 0.3) is 0 Å². The van der Waals surface area contributed by atoms with Gasteiger partial charge in [0.15, 0.2) is 0 Å². The van der Waals surface area contributed by atoms with E-state index in [-0.39, 0.29) is 5.63 Å². The van der Waals surface area contributed by atoms with E-state index >= 15 is 0 Å². The fraction of sp³-hybridized carbons (Fsp3) is 0.0833. The largest absolute Gasteiger partial charge is 0.497 e. The molecule has 4 heteroatoms. The van der Waals surface area contributed by atoms with Crippen molar-refractivity contribution in [2.24, 2.45) is 0 Å². The summed E-state index contributed by atoms with van der Waals surface area (Å²) in [4.78, 5) is 11.2. The number of ether oxygens (including phenoxy) is 1. The van der Waals surface area contributed by atoms with Gasteiger partial charge in [-0.25, -0.2) is 4.79 Å². The second kappa shape index (κ2) is 4.53. The van der Waals surface area contributed by atoms with E-state index in [0.717, 1.165) is 11.3 Å². The van der Waals surface area contributed by atoms with Crippen molar-refractivity contribution in [3.63, 3.8) is 0 Å². The van der Waals surface area contributed by atoms with Crippen molar-refractivity contribution < 1.29 is 9.15 Å². The van der Waals surface area contributed by atoms with Crippen LogP contribution in [0.2, 0.25) is 0 Å². The highest BCUT2D eigenvalue weighted by Gasteiger charge is 2.04. The van der Waals surface area contributed by atoms with Crippen LogP contribution in [0.5, 0.6) is 5.75 Å². The third kappa shape index (κ3) is 2.33. The van der Waals surface area contributed by atoms with Gasteiger partial charge in [-0.3, -0.25) is 0 Å². The molecule has 0 saturated heterocycles. The maximum absolute atomic E-state index is 11.2. The van der Waals surface area contributed by atoms with Crippen molar-refractivity contribution in [2.45, 2.75) is 0 Å². The van der Waals surface area contributed by atoms with E-state index < -0.39 is 0 Å². The summed E-state index contributed by atoms with van der Waals surface area (Å²) in [5, 5.41) is 0. The summed E-state index contributed by atoms with van der Waals surface area (Å²) in [7, 11) is 1.59. The SMILES string of the molecule is COc1cccc(-c2cc(Br)cc(=O)o2)c1. The highest BCUT2D eigenvalue weighted by atomic mass is 79.9. The van der Waals surface area contributed by atoms with Crippen LogP contribution in [0.4, 0.5) is 0 Å². The Morgan fingerprint density at radius 1 is 1.25 bits per heavy atom. The van der Waals surface area contributed by atoms with E-state index in [4.69, 9.17) is 9.15 Å². The zero-order valence-electron chi connectivity index (χ0n) is 8.57. The maximum atomic E-state index is 11.2. The molecule has 0 bridgehead atoms. The molecular weight excluding hydrogens is 272 g/mol. The third-order valence-electron chi connectivity index (χ3n) is 2.09. The van der Waals surface area contributed by atoms with E-state index in [2.05, 4.69) is 15.9 Å². The highest BCUT2D eigenvalue weighted by molar-refractivity contribution is 9.10. The molecular formula is C12H9BrO3. The Kier molecular flexibility index (Phi) is 3.10. The van der Waals surface area contributed by atoms with Crippen LogP contribution in [0.15, 0.2) is 50.1 Å². The molecule has 0 saturated carbocycles. The quantitative estimate of drug-likeness (QED) is 0.849. The molecule has 0 N–H and O–H groups in total. The van der Waals surface area contributed by atoms with Crippen LogP contribution >= 0.6 is 15.9 Å². The summed E-state index contributed by atoms with van der Waals surface area (Å²) in [5.41, 5.74) is 0.421. The second-order valence-corrected chi connectivity index (χ2v) is 4.11. The normalized spacial score (nSPS) is 10.1. The first-order valence-corrected chi connectivity index (χ1v) is 5.43. The van der Waals surface area contributed by atoms with E-state index in [1.807, 2.05) is 24.3 Å². The Morgan fingerprint density at radius 3 is 2.75 bits per heavy atom. The minimum absolute atomic E-state index is 0.382. The Morgan fingerprint density at radius 2 is 2.06 bits per heavy atom. The average molecular weight is 281 g/mol. The molecule has 1 heterocycles. The molecule has 3 nitrogen and oxygen atoms in total. The molecule has 0 aliphatic rings. The molecule has 16 heavy (non-hydrogen) atoms. The fourth-order valence-electron chi connectivity index (χ4n) is 1.37. The van der Waals surface area contributed by atoms with Gasteiger partial charge in [0, 0.05) is 16.1 Å². The summed E-state index contributed by atoms with van der Waals surface area (Å²) in [6.07, 6.45) is 0. The van der Waals surface area contributed by atoms with Crippen LogP contribution in [-0.2, 0) is 0 Å². The smallest absolute Gasteiger partial charge is 0.337 e. The van der Waals surface area contributed by atoms with E-state index in [1.165, 1.54) is 6.07 Å². The minimum Gasteiger partial charge on any atom is -0.497 e. The van der Waals surface area contributed by atoms with Gasteiger partial charge in [-0.15, -0.1) is 0 Å². The fourth-order valence-corrected chi connectivity index (χ4v) is 1.76. The molecule has 1 aromatic carbocycles. The van der Waals surface area contributed by atoms with Gasteiger partial charge in [-0.1, -0.05) is 28.1 Å². The van der Waals surface area contributed by atoms with Crippen molar-refractivity contribution in [2.75, 3.05) is 7.11 Å². The Hall–Kier alpha value is -1.55. The molecule has 1 aromatic heterocycles. The number of hydrogen-bond acceptors (Lipinski definition) is 3. The number of hydrogen-bond donors (Lipinski definition) is 0. The second-order valence-electron chi connectivity index (χ2n) is 3.19. The molecule has 82 valence electrons. The lowest BCUT2D eigenvalue weighted by Crippen LogP contribution is -1.96. The van der Waals surface area contributed by atoms with Crippen LogP contribution in [0.3, 0.4) is 0 Å². The van der Waals surface area contributed by atoms with Crippen molar-refractivity contribution >= 4 is 15.9 Å². The topological polar surface area (TPSA) is 39.4 Å². The molecule has 0 spiro atoms. The molecule has 0 aliphatic carbocycles. The van der Waals surface area contributed by atoms with Crippen LogP contribution in [0, 0.1) is 0 Å². The number of benzene rings is 1. The van der Waals surface area contributed by atoms with Crippen molar-refractivity contribution in [3.8, 4) is 17.1 Å². The Bertz CT molecular complexity index is 560. The minimum atomic E-state index is -0.382. The molecule has 0 fully saturated rings. The summed E-state index contributed by atoms with van der Waals surface area (Å²) >= 11 is 3.25. The predicted molar refractivity (Wildman–Crippen MR) is 64.7 cm³/mol. The number of halogens is 1. The van der Waals surface area contributed by atoms with Gasteiger partial charge in [-0.2, -0.15) is 0 Å². The van der Waals surface area contributed by atoms with Crippen LogP contribution in [0.25, 0.3) is 11.3 Å². The summed E-state index contributed by atoms with van der Waals surface area (Å²) < 4.78 is 10.9. The van der Waals surface area contributed by atoms with E-state index in [9.17, 15) is 4.79 Å². The summed E-state index contributed by atoms with van der Waals surface area (Å²) in [5.74, 6) is 1.23. The van der Waals surface area contributed by atoms with Crippen molar-refractivity contribution in [1.82, 2.24) is 0 Å². The lowest BCUT2D eigenvalue weighted by Gasteiger charge is -2.03. The first-order chi connectivity index (χ1) is 7.69. The van der Waals surface area contributed by atoms with E-state index in [1.54, 1.807) is 13.2 Å². The van der Waals surface area contributed by atoms with Crippen LogP contribution in [0.1, 0.15) is 0 Å². The third-order valence-corrected chi connectivity index (χ3v) is 2.55. The molecule has 0 amide bonds. The first-order valence-electron chi connectivity index (χ1n) is 4.64. The molecule has 2 aromatic rings. The number of rotatable bonds is 2. The zero-order valence-corrected chi connectivity index (χ0v) is 10.2. The predicted octanol–water partition coefficient (Wildman–Crippen LogP) is 3.08. The lowest BCUT2D eigenvalue weighted by atomic mass is 10.1.